The maximum Gasteiger partial charge on any atom is 0.300 e. The van der Waals surface area contributed by atoms with Crippen LogP contribution in [0.5, 0.6) is 5.75 Å². The highest BCUT2D eigenvalue weighted by atomic mass is 16.5. The van der Waals surface area contributed by atoms with Crippen LogP contribution in [0.1, 0.15) is 17.3 Å². The number of nitrogens with zero attached hydrogens (tertiary/aromatic N) is 3. The Hall–Kier alpha value is -3.93. The summed E-state index contributed by atoms with van der Waals surface area (Å²) in [5.74, 6) is 1.26. The van der Waals surface area contributed by atoms with Crippen LogP contribution in [0, 0.1) is 6.92 Å². The smallest absolute Gasteiger partial charge is 0.300 e. The molecule has 0 saturated heterocycles. The highest BCUT2D eigenvalue weighted by Crippen LogP contribution is 2.38. The first-order valence-corrected chi connectivity index (χ1v) is 9.72. The molecule has 6 heteroatoms. The summed E-state index contributed by atoms with van der Waals surface area (Å²) in [6, 6.07) is 23.3. The fraction of sp³-hybridized carbons (Fsp3) is 0.125. The third kappa shape index (κ3) is 2.93. The molecule has 0 spiro atoms. The van der Waals surface area contributed by atoms with E-state index in [-0.39, 0.29) is 11.7 Å². The van der Waals surface area contributed by atoms with E-state index in [9.17, 15) is 4.79 Å². The predicted molar refractivity (Wildman–Crippen MR) is 117 cm³/mol. The number of anilines is 1. The lowest BCUT2D eigenvalue weighted by molar-refractivity contribution is 0.400. The standard InChI is InChI=1S/C24H20N4O2/c1-15-11-13-16(14-12-15)21-24(29)26-22-17-7-3-5-9-19(17)25-23(28(22)27-21)18-8-4-6-10-20(18)30-2/h3-14,23,25H,1-2H3/t23-/m0/s1. The number of methoxy groups -OCH3 is 1. The molecule has 148 valence electrons. The van der Waals surface area contributed by atoms with E-state index >= 15 is 0 Å². The average molecular weight is 396 g/mol. The molecule has 5 rings (SSSR count). The molecule has 6 nitrogen and oxygen atoms in total. The van der Waals surface area contributed by atoms with Crippen molar-refractivity contribution in [1.29, 1.82) is 0 Å². The largest absolute Gasteiger partial charge is 0.496 e. The van der Waals surface area contributed by atoms with Gasteiger partial charge in [-0.05, 0) is 25.1 Å². The van der Waals surface area contributed by atoms with Crippen molar-refractivity contribution in [3.05, 3.63) is 94.3 Å². The van der Waals surface area contributed by atoms with Gasteiger partial charge in [-0.1, -0.05) is 60.2 Å². The van der Waals surface area contributed by atoms with Crippen molar-refractivity contribution in [1.82, 2.24) is 14.8 Å². The number of hydrogen-bond acceptors (Lipinski definition) is 5. The third-order valence-corrected chi connectivity index (χ3v) is 5.30. The highest BCUT2D eigenvalue weighted by molar-refractivity contribution is 5.77. The minimum absolute atomic E-state index is 0.319. The van der Waals surface area contributed by atoms with Crippen molar-refractivity contribution in [2.45, 2.75) is 13.1 Å². The summed E-state index contributed by atoms with van der Waals surface area (Å²) in [7, 11) is 1.64. The Morgan fingerprint density at radius 1 is 0.967 bits per heavy atom. The molecule has 0 bridgehead atoms. The number of ether oxygens (including phenoxy) is 1. The average Bonchev–Trinajstić information content (AvgIpc) is 2.79. The molecule has 0 radical (unpaired) electrons. The fourth-order valence-corrected chi connectivity index (χ4v) is 3.77. The van der Waals surface area contributed by atoms with E-state index in [1.54, 1.807) is 11.8 Å². The molecule has 4 aromatic rings. The van der Waals surface area contributed by atoms with Gasteiger partial charge in [-0.25, -0.2) is 4.68 Å². The lowest BCUT2D eigenvalue weighted by Gasteiger charge is -2.31. The molecule has 0 unspecified atom stereocenters. The number of para-hydroxylation sites is 2. The zero-order valence-electron chi connectivity index (χ0n) is 16.7. The minimum atomic E-state index is -0.372. The Morgan fingerprint density at radius 2 is 1.70 bits per heavy atom. The molecule has 1 atom stereocenters. The van der Waals surface area contributed by atoms with Gasteiger partial charge in [0.05, 0.1) is 7.11 Å². The zero-order valence-corrected chi connectivity index (χ0v) is 16.7. The van der Waals surface area contributed by atoms with Gasteiger partial charge in [0.1, 0.15) is 5.75 Å². The SMILES string of the molecule is COc1ccccc1[C@H]1Nc2ccccc2-c2nc(=O)c(-c3ccc(C)cc3)nn21. The van der Waals surface area contributed by atoms with Crippen molar-refractivity contribution in [2.24, 2.45) is 0 Å². The third-order valence-electron chi connectivity index (χ3n) is 5.30. The minimum Gasteiger partial charge on any atom is -0.496 e. The lowest BCUT2D eigenvalue weighted by atomic mass is 10.0. The highest BCUT2D eigenvalue weighted by Gasteiger charge is 2.29. The zero-order chi connectivity index (χ0) is 20.7. The summed E-state index contributed by atoms with van der Waals surface area (Å²) < 4.78 is 7.36. The monoisotopic (exact) mass is 396 g/mol. The summed E-state index contributed by atoms with van der Waals surface area (Å²) in [5, 5.41) is 8.30. The van der Waals surface area contributed by atoms with Crippen molar-refractivity contribution in [3.63, 3.8) is 0 Å². The number of benzene rings is 3. The second-order valence-corrected chi connectivity index (χ2v) is 7.23. The Bertz CT molecular complexity index is 1300. The van der Waals surface area contributed by atoms with Crippen LogP contribution < -0.4 is 15.6 Å². The molecular formula is C24H20N4O2. The van der Waals surface area contributed by atoms with Crippen LogP contribution in [0.4, 0.5) is 5.69 Å². The van der Waals surface area contributed by atoms with Crippen LogP contribution in [-0.2, 0) is 0 Å². The summed E-state index contributed by atoms with van der Waals surface area (Å²) in [4.78, 5) is 17.4. The van der Waals surface area contributed by atoms with Gasteiger partial charge < -0.3 is 10.1 Å². The van der Waals surface area contributed by atoms with E-state index in [4.69, 9.17) is 9.84 Å². The Morgan fingerprint density at radius 3 is 2.50 bits per heavy atom. The maximum absolute atomic E-state index is 12.9. The van der Waals surface area contributed by atoms with Gasteiger partial charge in [0, 0.05) is 22.4 Å². The number of hydrogen-bond donors (Lipinski definition) is 1. The molecule has 0 amide bonds. The van der Waals surface area contributed by atoms with Crippen molar-refractivity contribution in [2.75, 3.05) is 12.4 Å². The van der Waals surface area contributed by atoms with E-state index in [1.807, 2.05) is 79.7 Å². The van der Waals surface area contributed by atoms with E-state index in [2.05, 4.69) is 10.3 Å². The van der Waals surface area contributed by atoms with Crippen molar-refractivity contribution in [3.8, 4) is 28.4 Å². The predicted octanol–water partition coefficient (Wildman–Crippen LogP) is 4.26. The number of fused-ring (bicyclic) bond motifs is 3. The number of rotatable bonds is 3. The topological polar surface area (TPSA) is 69.0 Å². The van der Waals surface area contributed by atoms with Gasteiger partial charge in [-0.3, -0.25) is 4.79 Å². The fourth-order valence-electron chi connectivity index (χ4n) is 3.77. The normalized spacial score (nSPS) is 14.4. The number of aromatic nitrogens is 3. The summed E-state index contributed by atoms with van der Waals surface area (Å²) in [5.41, 5.74) is 4.47. The van der Waals surface area contributed by atoms with Gasteiger partial charge in [0.15, 0.2) is 17.7 Å². The van der Waals surface area contributed by atoms with Gasteiger partial charge in [-0.2, -0.15) is 10.1 Å². The molecule has 3 aromatic carbocycles. The van der Waals surface area contributed by atoms with Crippen LogP contribution in [0.2, 0.25) is 0 Å². The van der Waals surface area contributed by atoms with Crippen molar-refractivity contribution >= 4 is 5.69 Å². The molecule has 1 aromatic heterocycles. The lowest BCUT2D eigenvalue weighted by Crippen LogP contribution is -2.32. The van der Waals surface area contributed by atoms with Gasteiger partial charge in [-0.15, -0.1) is 0 Å². The quantitative estimate of drug-likeness (QED) is 0.560. The second-order valence-electron chi connectivity index (χ2n) is 7.23. The molecule has 1 N–H and O–H groups in total. The molecule has 30 heavy (non-hydrogen) atoms. The summed E-state index contributed by atoms with van der Waals surface area (Å²) >= 11 is 0. The molecule has 2 heterocycles. The molecular weight excluding hydrogens is 376 g/mol. The first-order valence-electron chi connectivity index (χ1n) is 9.72. The van der Waals surface area contributed by atoms with Crippen LogP contribution in [-0.4, -0.2) is 21.9 Å². The summed E-state index contributed by atoms with van der Waals surface area (Å²) in [6.07, 6.45) is -0.372. The first kappa shape index (κ1) is 18.1. The first-order chi connectivity index (χ1) is 14.7. The second kappa shape index (κ2) is 7.15. The van der Waals surface area contributed by atoms with Crippen LogP contribution in [0.15, 0.2) is 77.6 Å². The van der Waals surface area contributed by atoms with Crippen LogP contribution in [0.25, 0.3) is 22.6 Å². The molecule has 0 saturated carbocycles. The van der Waals surface area contributed by atoms with Gasteiger partial charge in [0.25, 0.3) is 5.56 Å². The van der Waals surface area contributed by atoms with Crippen LogP contribution in [0.3, 0.4) is 0 Å². The van der Waals surface area contributed by atoms with E-state index in [0.29, 0.717) is 11.5 Å². The van der Waals surface area contributed by atoms with Crippen molar-refractivity contribution < 1.29 is 4.74 Å². The molecule has 1 aliphatic heterocycles. The Balaban J connectivity index is 1.77. The van der Waals surface area contributed by atoms with Gasteiger partial charge in [0.2, 0.25) is 0 Å². The number of aryl methyl sites for hydroxylation is 1. The summed E-state index contributed by atoms with van der Waals surface area (Å²) in [6.45, 7) is 2.01. The molecule has 0 aliphatic carbocycles. The number of nitrogens with one attached hydrogen (secondary N) is 1. The molecule has 0 fully saturated rings. The Labute approximate surface area is 173 Å². The van der Waals surface area contributed by atoms with E-state index in [1.165, 1.54) is 0 Å². The van der Waals surface area contributed by atoms with E-state index in [0.717, 1.165) is 33.7 Å². The van der Waals surface area contributed by atoms with E-state index < -0.39 is 0 Å². The Kier molecular flexibility index (Phi) is 4.32. The van der Waals surface area contributed by atoms with Gasteiger partial charge >= 0.3 is 0 Å². The van der Waals surface area contributed by atoms with Crippen LogP contribution >= 0.6 is 0 Å². The molecule has 1 aliphatic rings. The maximum atomic E-state index is 12.9.